The van der Waals surface area contributed by atoms with E-state index in [0.29, 0.717) is 10.0 Å². The van der Waals surface area contributed by atoms with Crippen molar-refractivity contribution in [3.8, 4) is 0 Å². The first-order chi connectivity index (χ1) is 16.7. The third kappa shape index (κ3) is 6.95. The number of carbonyl (C=O) groups excluding carboxylic acids is 3. The number of amides is 1. The van der Waals surface area contributed by atoms with Crippen LogP contribution in [0.4, 0.5) is 5.69 Å². The quantitative estimate of drug-likeness (QED) is 0.383. The second-order valence-electron chi connectivity index (χ2n) is 6.97. The SMILES string of the molecule is O=C(O[C@@H](C(=O)O)[C@@H](OC(=O)c1ccc(Cl)cc1)C(=O)Nc1ccccc1Cl)c1ccc(Cl)cc1. The van der Waals surface area contributed by atoms with E-state index in [4.69, 9.17) is 44.3 Å². The summed E-state index contributed by atoms with van der Waals surface area (Å²) < 4.78 is 10.3. The lowest BCUT2D eigenvalue weighted by atomic mass is 10.1. The zero-order valence-corrected chi connectivity index (χ0v) is 19.9. The number of esters is 2. The molecule has 3 aromatic carbocycles. The lowest BCUT2D eigenvalue weighted by Crippen LogP contribution is -2.48. The Kier molecular flexibility index (Phi) is 8.70. The van der Waals surface area contributed by atoms with E-state index in [2.05, 4.69) is 5.32 Å². The fourth-order valence-corrected chi connectivity index (χ4v) is 3.23. The summed E-state index contributed by atoms with van der Waals surface area (Å²) in [6, 6.07) is 17.0. The van der Waals surface area contributed by atoms with Crippen molar-refractivity contribution in [2.45, 2.75) is 12.2 Å². The van der Waals surface area contributed by atoms with Gasteiger partial charge in [-0.15, -0.1) is 0 Å². The zero-order chi connectivity index (χ0) is 25.5. The van der Waals surface area contributed by atoms with Gasteiger partial charge in [-0.1, -0.05) is 46.9 Å². The predicted octanol–water partition coefficient (Wildman–Crippen LogP) is 5.12. The summed E-state index contributed by atoms with van der Waals surface area (Å²) in [5.74, 6) is -4.94. The van der Waals surface area contributed by atoms with Crippen LogP contribution in [0.25, 0.3) is 0 Å². The molecule has 1 amide bonds. The van der Waals surface area contributed by atoms with E-state index in [0.717, 1.165) is 0 Å². The molecule has 0 fully saturated rings. The van der Waals surface area contributed by atoms with Gasteiger partial charge in [-0.2, -0.15) is 0 Å². The molecule has 0 saturated heterocycles. The van der Waals surface area contributed by atoms with E-state index in [1.807, 2.05) is 0 Å². The smallest absolute Gasteiger partial charge is 0.349 e. The summed E-state index contributed by atoms with van der Waals surface area (Å²) >= 11 is 17.7. The molecule has 0 unspecified atom stereocenters. The maximum atomic E-state index is 13.1. The molecule has 35 heavy (non-hydrogen) atoms. The second-order valence-corrected chi connectivity index (χ2v) is 8.25. The van der Waals surface area contributed by atoms with Crippen LogP contribution in [0.15, 0.2) is 72.8 Å². The first-order valence-electron chi connectivity index (χ1n) is 9.87. The topological polar surface area (TPSA) is 119 Å². The van der Waals surface area contributed by atoms with Crippen molar-refractivity contribution in [1.29, 1.82) is 0 Å². The Morgan fingerprint density at radius 1 is 0.686 bits per heavy atom. The molecule has 2 atom stereocenters. The highest BCUT2D eigenvalue weighted by atomic mass is 35.5. The highest BCUT2D eigenvalue weighted by Crippen LogP contribution is 2.22. The molecule has 0 aliphatic rings. The van der Waals surface area contributed by atoms with Crippen molar-refractivity contribution < 1.29 is 33.8 Å². The summed E-state index contributed by atoms with van der Waals surface area (Å²) in [6.07, 6.45) is -4.28. The van der Waals surface area contributed by atoms with Gasteiger partial charge in [-0.25, -0.2) is 14.4 Å². The van der Waals surface area contributed by atoms with Crippen molar-refractivity contribution in [2.75, 3.05) is 5.32 Å². The number of hydrogen-bond donors (Lipinski definition) is 2. The minimum absolute atomic E-state index is 0.0156. The van der Waals surface area contributed by atoms with Gasteiger partial charge in [0.05, 0.1) is 21.8 Å². The summed E-state index contributed by atoms with van der Waals surface area (Å²) in [4.78, 5) is 50.3. The average molecular weight is 537 g/mol. The Morgan fingerprint density at radius 3 is 1.60 bits per heavy atom. The maximum absolute atomic E-state index is 13.1. The Balaban J connectivity index is 1.91. The fraction of sp³-hybridized carbons (Fsp3) is 0.0833. The van der Waals surface area contributed by atoms with E-state index in [-0.39, 0.29) is 21.8 Å². The number of nitrogens with one attached hydrogen (secondary N) is 1. The normalized spacial score (nSPS) is 12.2. The van der Waals surface area contributed by atoms with Crippen LogP contribution in [0.1, 0.15) is 20.7 Å². The van der Waals surface area contributed by atoms with Crippen LogP contribution in [-0.4, -0.2) is 41.1 Å². The van der Waals surface area contributed by atoms with Crippen molar-refractivity contribution in [2.24, 2.45) is 0 Å². The number of hydrogen-bond acceptors (Lipinski definition) is 6. The number of anilines is 1. The minimum atomic E-state index is -2.20. The number of rotatable bonds is 8. The molecule has 2 N–H and O–H groups in total. The van der Waals surface area contributed by atoms with E-state index >= 15 is 0 Å². The number of para-hydroxylation sites is 1. The number of carbonyl (C=O) groups is 4. The monoisotopic (exact) mass is 535 g/mol. The van der Waals surface area contributed by atoms with Crippen LogP contribution < -0.4 is 5.32 Å². The van der Waals surface area contributed by atoms with Crippen molar-refractivity contribution in [1.82, 2.24) is 0 Å². The largest absolute Gasteiger partial charge is 0.478 e. The zero-order valence-electron chi connectivity index (χ0n) is 17.6. The molecular formula is C24H16Cl3NO7. The molecule has 0 spiro atoms. The van der Waals surface area contributed by atoms with E-state index in [1.165, 1.54) is 60.7 Å². The van der Waals surface area contributed by atoms with Gasteiger partial charge in [0.2, 0.25) is 12.2 Å². The van der Waals surface area contributed by atoms with Crippen LogP contribution >= 0.6 is 34.8 Å². The van der Waals surface area contributed by atoms with Gasteiger partial charge in [0, 0.05) is 10.0 Å². The van der Waals surface area contributed by atoms with E-state index in [1.54, 1.807) is 12.1 Å². The summed E-state index contributed by atoms with van der Waals surface area (Å²) in [5, 5.41) is 13.0. The molecule has 3 aromatic rings. The molecule has 0 saturated carbocycles. The number of carboxylic acids is 1. The van der Waals surface area contributed by atoms with Gasteiger partial charge >= 0.3 is 17.9 Å². The number of carboxylic acid groups (broad SMARTS) is 1. The third-order valence-corrected chi connectivity index (χ3v) is 5.37. The first kappa shape index (κ1) is 26.0. The summed E-state index contributed by atoms with van der Waals surface area (Å²) in [7, 11) is 0. The lowest BCUT2D eigenvalue weighted by Gasteiger charge is -2.23. The molecule has 3 rings (SSSR count). The van der Waals surface area contributed by atoms with Gasteiger partial charge in [0.25, 0.3) is 5.91 Å². The van der Waals surface area contributed by atoms with Gasteiger partial charge in [0.15, 0.2) is 0 Å². The Hall–Kier alpha value is -3.59. The number of benzene rings is 3. The molecule has 8 nitrogen and oxygen atoms in total. The first-order valence-corrected chi connectivity index (χ1v) is 11.0. The average Bonchev–Trinajstić information content (AvgIpc) is 2.83. The highest BCUT2D eigenvalue weighted by Gasteiger charge is 2.41. The molecule has 0 aromatic heterocycles. The van der Waals surface area contributed by atoms with Crippen molar-refractivity contribution in [3.05, 3.63) is 99.0 Å². The van der Waals surface area contributed by atoms with Gasteiger partial charge < -0.3 is 19.9 Å². The van der Waals surface area contributed by atoms with Crippen LogP contribution in [0, 0.1) is 0 Å². The standard InChI is InChI=1S/C24H16Cl3NO7/c25-15-9-5-13(6-10-15)23(32)34-19(21(29)28-18-4-2-1-3-17(18)27)20(22(30)31)35-24(33)14-7-11-16(26)12-8-14/h1-12,19-20H,(H,28,29)(H,30,31)/t19-,20-/m1/s1. The van der Waals surface area contributed by atoms with Gasteiger partial charge in [-0.3, -0.25) is 4.79 Å². The molecule has 0 radical (unpaired) electrons. The predicted molar refractivity (Wildman–Crippen MR) is 129 cm³/mol. The second kappa shape index (κ2) is 11.7. The number of halogens is 3. The molecule has 0 aliphatic carbocycles. The minimum Gasteiger partial charge on any atom is -0.478 e. The molecule has 0 aliphatic heterocycles. The van der Waals surface area contributed by atoms with Crippen LogP contribution in [0.5, 0.6) is 0 Å². The van der Waals surface area contributed by atoms with E-state index in [9.17, 15) is 24.3 Å². The van der Waals surface area contributed by atoms with Crippen LogP contribution in [0.3, 0.4) is 0 Å². The summed E-state index contributed by atoms with van der Waals surface area (Å²) in [5.41, 5.74) is 0.0768. The summed E-state index contributed by atoms with van der Waals surface area (Å²) in [6.45, 7) is 0. The Labute approximate surface area is 214 Å². The Bertz CT molecular complexity index is 1250. The molecule has 180 valence electrons. The number of aliphatic carboxylic acids is 1. The molecule has 0 heterocycles. The molecular weight excluding hydrogens is 521 g/mol. The van der Waals surface area contributed by atoms with Crippen LogP contribution in [-0.2, 0) is 19.1 Å². The lowest BCUT2D eigenvalue weighted by molar-refractivity contribution is -0.157. The highest BCUT2D eigenvalue weighted by molar-refractivity contribution is 6.33. The molecule has 0 bridgehead atoms. The third-order valence-electron chi connectivity index (χ3n) is 4.54. The van der Waals surface area contributed by atoms with E-state index < -0.39 is 36.0 Å². The Morgan fingerprint density at radius 2 is 1.14 bits per heavy atom. The number of ether oxygens (including phenoxy) is 2. The van der Waals surface area contributed by atoms with Gasteiger partial charge in [-0.05, 0) is 60.7 Å². The van der Waals surface area contributed by atoms with Crippen molar-refractivity contribution in [3.63, 3.8) is 0 Å². The van der Waals surface area contributed by atoms with Gasteiger partial charge in [0.1, 0.15) is 0 Å². The fourth-order valence-electron chi connectivity index (χ4n) is 2.80. The molecule has 11 heteroatoms. The maximum Gasteiger partial charge on any atom is 0.349 e. The van der Waals surface area contributed by atoms with Crippen molar-refractivity contribution >= 4 is 64.3 Å². The van der Waals surface area contributed by atoms with Crippen LogP contribution in [0.2, 0.25) is 15.1 Å².